The monoisotopic (exact) mass is 268 g/mol. The van der Waals surface area contributed by atoms with Crippen LogP contribution in [0.25, 0.3) is 0 Å². The molecular formula is C10H21ClN2O2S. The summed E-state index contributed by atoms with van der Waals surface area (Å²) in [5.74, 6) is 0.962. The zero-order valence-electron chi connectivity index (χ0n) is 10.2. The molecule has 0 spiro atoms. The van der Waals surface area contributed by atoms with Crippen molar-refractivity contribution in [3.05, 3.63) is 0 Å². The molecule has 96 valence electrons. The van der Waals surface area contributed by atoms with E-state index in [9.17, 15) is 8.42 Å². The van der Waals surface area contributed by atoms with Crippen LogP contribution in [0.5, 0.6) is 0 Å². The number of hydrogen-bond acceptors (Lipinski definition) is 3. The first-order valence-electron chi connectivity index (χ1n) is 5.58. The molecule has 1 rings (SSSR count). The van der Waals surface area contributed by atoms with Gasteiger partial charge < -0.3 is 4.90 Å². The number of alkyl halides is 1. The van der Waals surface area contributed by atoms with Gasteiger partial charge in [-0.1, -0.05) is 6.92 Å². The lowest BCUT2D eigenvalue weighted by Crippen LogP contribution is -2.36. The first kappa shape index (κ1) is 14.2. The Kier molecular flexibility index (Phi) is 5.04. The van der Waals surface area contributed by atoms with Gasteiger partial charge in [0.05, 0.1) is 5.75 Å². The highest BCUT2D eigenvalue weighted by atomic mass is 35.5. The van der Waals surface area contributed by atoms with Gasteiger partial charge in [0.15, 0.2) is 0 Å². The van der Waals surface area contributed by atoms with Gasteiger partial charge in [0.25, 0.3) is 0 Å². The smallest absolute Gasteiger partial charge is 0.214 e. The van der Waals surface area contributed by atoms with Gasteiger partial charge in [-0.2, -0.15) is 0 Å². The molecule has 1 aliphatic rings. The zero-order valence-corrected chi connectivity index (χ0v) is 11.8. The molecule has 2 unspecified atom stereocenters. The average Bonchev–Trinajstić information content (AvgIpc) is 2.58. The number of sulfonamides is 1. The van der Waals surface area contributed by atoms with Crippen LogP contribution in [0.1, 0.15) is 13.3 Å². The Morgan fingerprint density at radius 1 is 1.38 bits per heavy atom. The maximum Gasteiger partial charge on any atom is 0.214 e. The third-order valence-corrected chi connectivity index (χ3v) is 5.29. The van der Waals surface area contributed by atoms with E-state index in [0.29, 0.717) is 37.4 Å². The van der Waals surface area contributed by atoms with E-state index in [2.05, 4.69) is 11.8 Å². The Labute approximate surface area is 104 Å². The first-order chi connectivity index (χ1) is 7.38. The van der Waals surface area contributed by atoms with E-state index in [-0.39, 0.29) is 5.75 Å². The van der Waals surface area contributed by atoms with Crippen LogP contribution in [0, 0.1) is 5.92 Å². The third kappa shape index (κ3) is 3.32. The van der Waals surface area contributed by atoms with Gasteiger partial charge in [0.1, 0.15) is 0 Å². The number of likely N-dealkylation sites (N-methyl/N-ethyl adjacent to an activating group) is 1. The van der Waals surface area contributed by atoms with E-state index in [1.54, 1.807) is 4.31 Å². The zero-order chi connectivity index (χ0) is 12.3. The third-order valence-electron chi connectivity index (χ3n) is 3.13. The Morgan fingerprint density at radius 2 is 2.00 bits per heavy atom. The average molecular weight is 269 g/mol. The predicted molar refractivity (Wildman–Crippen MR) is 67.3 cm³/mol. The summed E-state index contributed by atoms with van der Waals surface area (Å²) in [6.07, 6.45) is 0.529. The van der Waals surface area contributed by atoms with Crippen LogP contribution in [-0.2, 0) is 10.0 Å². The summed E-state index contributed by atoms with van der Waals surface area (Å²) in [5, 5.41) is 0. The lowest BCUT2D eigenvalue weighted by molar-refractivity contribution is 0.263. The Hall–Kier alpha value is 0.160. The van der Waals surface area contributed by atoms with Crippen LogP contribution in [-0.4, -0.2) is 62.5 Å². The molecule has 2 atom stereocenters. The molecule has 6 heteroatoms. The number of halogens is 1. The maximum atomic E-state index is 12.0. The summed E-state index contributed by atoms with van der Waals surface area (Å²) >= 11 is 5.53. The second-order valence-electron chi connectivity index (χ2n) is 4.68. The molecule has 0 aromatic carbocycles. The highest BCUT2D eigenvalue weighted by molar-refractivity contribution is 7.89. The molecule has 1 saturated heterocycles. The molecule has 0 aliphatic carbocycles. The Bertz CT molecular complexity index is 319. The predicted octanol–water partition coefficient (Wildman–Crippen LogP) is 0.827. The molecule has 0 saturated carbocycles. The second kappa shape index (κ2) is 5.67. The fourth-order valence-electron chi connectivity index (χ4n) is 2.17. The van der Waals surface area contributed by atoms with Crippen molar-refractivity contribution in [1.29, 1.82) is 0 Å². The highest BCUT2D eigenvalue weighted by Gasteiger charge is 2.36. The van der Waals surface area contributed by atoms with Crippen molar-refractivity contribution in [3.8, 4) is 0 Å². The van der Waals surface area contributed by atoms with Crippen LogP contribution in [0.15, 0.2) is 0 Å². The minimum Gasteiger partial charge on any atom is -0.305 e. The van der Waals surface area contributed by atoms with Crippen LogP contribution in [0.3, 0.4) is 0 Å². The van der Waals surface area contributed by atoms with Crippen LogP contribution in [0.2, 0.25) is 0 Å². The van der Waals surface area contributed by atoms with Crippen LogP contribution >= 0.6 is 11.6 Å². The standard InChI is InChI=1S/C10H21ClN2O2S/c1-9-7-13(8-10(9)12(2)3)16(14,15)6-4-5-11/h9-10H,4-8H2,1-3H3. The fraction of sp³-hybridized carbons (Fsp3) is 1.00. The van der Waals surface area contributed by atoms with Crippen LogP contribution in [0.4, 0.5) is 0 Å². The summed E-state index contributed by atoms with van der Waals surface area (Å²) < 4.78 is 25.5. The van der Waals surface area contributed by atoms with Gasteiger partial charge in [-0.3, -0.25) is 0 Å². The van der Waals surface area contributed by atoms with E-state index < -0.39 is 10.0 Å². The molecule has 0 radical (unpaired) electrons. The Balaban J connectivity index is 2.64. The molecule has 0 bridgehead atoms. The molecule has 0 N–H and O–H groups in total. The minimum absolute atomic E-state index is 0.170. The molecule has 0 aromatic heterocycles. The number of rotatable bonds is 5. The highest BCUT2D eigenvalue weighted by Crippen LogP contribution is 2.23. The summed E-state index contributed by atoms with van der Waals surface area (Å²) in [4.78, 5) is 2.10. The van der Waals surface area contributed by atoms with Crippen LogP contribution < -0.4 is 0 Å². The summed E-state index contributed by atoms with van der Waals surface area (Å²) in [5.41, 5.74) is 0. The van der Waals surface area contributed by atoms with Crippen molar-refractivity contribution in [2.45, 2.75) is 19.4 Å². The second-order valence-corrected chi connectivity index (χ2v) is 7.15. The fourth-order valence-corrected chi connectivity index (χ4v) is 4.07. The number of hydrogen-bond donors (Lipinski definition) is 0. The quantitative estimate of drug-likeness (QED) is 0.694. The van der Waals surface area contributed by atoms with Gasteiger partial charge >= 0.3 is 0 Å². The summed E-state index contributed by atoms with van der Waals surface area (Å²) in [6.45, 7) is 3.34. The van der Waals surface area contributed by atoms with Gasteiger partial charge in [0.2, 0.25) is 10.0 Å². The van der Waals surface area contributed by atoms with Crippen molar-refractivity contribution in [2.24, 2.45) is 5.92 Å². The van der Waals surface area contributed by atoms with Crippen molar-refractivity contribution < 1.29 is 8.42 Å². The molecule has 0 amide bonds. The lowest BCUT2D eigenvalue weighted by Gasteiger charge is -2.22. The topological polar surface area (TPSA) is 40.6 Å². The normalized spacial score (nSPS) is 27.8. The van der Waals surface area contributed by atoms with Crippen molar-refractivity contribution in [3.63, 3.8) is 0 Å². The molecule has 1 fully saturated rings. The van der Waals surface area contributed by atoms with Gasteiger partial charge in [-0.25, -0.2) is 12.7 Å². The van der Waals surface area contributed by atoms with E-state index in [0.717, 1.165) is 0 Å². The van der Waals surface area contributed by atoms with Crippen molar-refractivity contribution in [1.82, 2.24) is 9.21 Å². The molecular weight excluding hydrogens is 248 g/mol. The van der Waals surface area contributed by atoms with E-state index in [1.165, 1.54) is 0 Å². The van der Waals surface area contributed by atoms with Gasteiger partial charge in [-0.15, -0.1) is 11.6 Å². The lowest BCUT2D eigenvalue weighted by atomic mass is 10.1. The van der Waals surface area contributed by atoms with Gasteiger partial charge in [0, 0.05) is 25.0 Å². The minimum atomic E-state index is -3.10. The first-order valence-corrected chi connectivity index (χ1v) is 7.73. The van der Waals surface area contributed by atoms with Gasteiger partial charge in [-0.05, 0) is 26.4 Å². The molecule has 16 heavy (non-hydrogen) atoms. The SMILES string of the molecule is CC1CN(S(=O)(=O)CCCCl)CC1N(C)C. The molecule has 0 aromatic rings. The van der Waals surface area contributed by atoms with E-state index >= 15 is 0 Å². The Morgan fingerprint density at radius 3 is 2.44 bits per heavy atom. The maximum absolute atomic E-state index is 12.0. The number of nitrogens with zero attached hydrogens (tertiary/aromatic N) is 2. The van der Waals surface area contributed by atoms with Crippen molar-refractivity contribution >= 4 is 21.6 Å². The molecule has 1 aliphatic heterocycles. The summed E-state index contributed by atoms with van der Waals surface area (Å²) in [7, 11) is 0.893. The van der Waals surface area contributed by atoms with E-state index in [1.807, 2.05) is 14.1 Å². The van der Waals surface area contributed by atoms with Crippen molar-refractivity contribution in [2.75, 3.05) is 38.8 Å². The largest absolute Gasteiger partial charge is 0.305 e. The van der Waals surface area contributed by atoms with E-state index in [4.69, 9.17) is 11.6 Å². The summed E-state index contributed by atoms with van der Waals surface area (Å²) in [6, 6.07) is 0.325. The molecule has 4 nitrogen and oxygen atoms in total. The molecule has 1 heterocycles.